The van der Waals surface area contributed by atoms with Crippen LogP contribution in [-0.4, -0.2) is 17.6 Å². The standard InChI is InChI=1S/C21H21FN2O2/c1-13-5-7-17(8-6-13)24-10-9-16(12-24)21(25)23-20-14(2)18(22)11-19(26-4)15(20)3/h5-12H,1-4H3,(H,23,25). The lowest BCUT2D eigenvalue weighted by Crippen LogP contribution is -2.14. The van der Waals surface area contributed by atoms with Crippen LogP contribution in [0.3, 0.4) is 0 Å². The number of carbonyl (C=O) groups is 1. The molecule has 1 N–H and O–H groups in total. The van der Waals surface area contributed by atoms with Crippen LogP contribution in [0, 0.1) is 26.6 Å². The molecule has 0 fully saturated rings. The van der Waals surface area contributed by atoms with E-state index >= 15 is 0 Å². The van der Waals surface area contributed by atoms with Crippen molar-refractivity contribution in [3.63, 3.8) is 0 Å². The highest BCUT2D eigenvalue weighted by Gasteiger charge is 2.17. The Morgan fingerprint density at radius 1 is 1.08 bits per heavy atom. The van der Waals surface area contributed by atoms with Crippen molar-refractivity contribution in [1.29, 1.82) is 0 Å². The number of benzene rings is 2. The summed E-state index contributed by atoms with van der Waals surface area (Å²) in [7, 11) is 1.48. The molecule has 1 amide bonds. The summed E-state index contributed by atoms with van der Waals surface area (Å²) < 4.78 is 21.1. The van der Waals surface area contributed by atoms with Gasteiger partial charge in [-0.15, -0.1) is 0 Å². The number of rotatable bonds is 4. The molecule has 0 radical (unpaired) electrons. The molecule has 0 atom stereocenters. The number of halogens is 1. The van der Waals surface area contributed by atoms with Crippen molar-refractivity contribution in [2.24, 2.45) is 0 Å². The van der Waals surface area contributed by atoms with Crippen LogP contribution in [0.25, 0.3) is 5.69 Å². The van der Waals surface area contributed by atoms with Gasteiger partial charge in [0.15, 0.2) is 0 Å². The Labute approximate surface area is 152 Å². The molecule has 1 heterocycles. The fraction of sp³-hybridized carbons (Fsp3) is 0.190. The van der Waals surface area contributed by atoms with E-state index in [1.807, 2.05) is 42.0 Å². The van der Waals surface area contributed by atoms with Gasteiger partial charge >= 0.3 is 0 Å². The van der Waals surface area contributed by atoms with E-state index in [9.17, 15) is 9.18 Å². The molecule has 0 aliphatic rings. The van der Waals surface area contributed by atoms with Crippen molar-refractivity contribution < 1.29 is 13.9 Å². The van der Waals surface area contributed by atoms with E-state index in [0.29, 0.717) is 28.1 Å². The van der Waals surface area contributed by atoms with Crippen molar-refractivity contribution in [3.8, 4) is 11.4 Å². The molecular formula is C21H21FN2O2. The average Bonchev–Trinajstić information content (AvgIpc) is 3.12. The molecule has 1 aromatic heterocycles. The minimum Gasteiger partial charge on any atom is -0.496 e. The Morgan fingerprint density at radius 2 is 1.77 bits per heavy atom. The van der Waals surface area contributed by atoms with E-state index in [1.165, 1.54) is 18.7 Å². The lowest BCUT2D eigenvalue weighted by Gasteiger charge is -2.15. The van der Waals surface area contributed by atoms with E-state index in [-0.39, 0.29) is 5.91 Å². The third kappa shape index (κ3) is 3.33. The zero-order chi connectivity index (χ0) is 18.8. The van der Waals surface area contributed by atoms with Crippen molar-refractivity contribution in [1.82, 2.24) is 4.57 Å². The van der Waals surface area contributed by atoms with Gasteiger partial charge in [-0.05, 0) is 39.0 Å². The number of aromatic nitrogens is 1. The summed E-state index contributed by atoms with van der Waals surface area (Å²) in [5.74, 6) is -0.310. The summed E-state index contributed by atoms with van der Waals surface area (Å²) in [5, 5.41) is 2.81. The van der Waals surface area contributed by atoms with Gasteiger partial charge in [-0.1, -0.05) is 17.7 Å². The third-order valence-electron chi connectivity index (χ3n) is 4.48. The Kier molecular flexibility index (Phi) is 4.80. The zero-order valence-electron chi connectivity index (χ0n) is 15.3. The second kappa shape index (κ2) is 7.04. The molecule has 0 bridgehead atoms. The first-order chi connectivity index (χ1) is 12.4. The van der Waals surface area contributed by atoms with Gasteiger partial charge in [0.2, 0.25) is 0 Å². The van der Waals surface area contributed by atoms with Crippen LogP contribution in [0.5, 0.6) is 5.75 Å². The Morgan fingerprint density at radius 3 is 2.42 bits per heavy atom. The van der Waals surface area contributed by atoms with E-state index in [0.717, 1.165) is 5.69 Å². The predicted octanol–water partition coefficient (Wildman–Crippen LogP) is 4.80. The number of aryl methyl sites for hydroxylation is 1. The number of carbonyl (C=O) groups excluding carboxylic acids is 1. The summed E-state index contributed by atoms with van der Waals surface area (Å²) in [6.45, 7) is 5.45. The van der Waals surface area contributed by atoms with Crippen LogP contribution < -0.4 is 10.1 Å². The number of methoxy groups -OCH3 is 1. The lowest BCUT2D eigenvalue weighted by atomic mass is 10.1. The fourth-order valence-corrected chi connectivity index (χ4v) is 2.85. The minimum atomic E-state index is -0.417. The molecule has 0 aliphatic heterocycles. The summed E-state index contributed by atoms with van der Waals surface area (Å²) in [6.07, 6.45) is 3.58. The van der Waals surface area contributed by atoms with Crippen LogP contribution >= 0.6 is 0 Å². The molecule has 3 aromatic rings. The smallest absolute Gasteiger partial charge is 0.257 e. The fourth-order valence-electron chi connectivity index (χ4n) is 2.85. The van der Waals surface area contributed by atoms with Crippen LogP contribution in [0.2, 0.25) is 0 Å². The quantitative estimate of drug-likeness (QED) is 0.733. The third-order valence-corrected chi connectivity index (χ3v) is 4.48. The Bertz CT molecular complexity index is 959. The van der Waals surface area contributed by atoms with Gasteiger partial charge in [-0.25, -0.2) is 4.39 Å². The van der Waals surface area contributed by atoms with Gasteiger partial charge in [-0.2, -0.15) is 0 Å². The maximum absolute atomic E-state index is 14.1. The summed E-state index contributed by atoms with van der Waals surface area (Å²) in [6, 6.07) is 11.1. The van der Waals surface area contributed by atoms with Gasteiger partial charge in [0.25, 0.3) is 5.91 Å². The number of ether oxygens (including phenoxy) is 1. The van der Waals surface area contributed by atoms with E-state index in [4.69, 9.17) is 4.74 Å². The molecule has 0 aliphatic carbocycles. The second-order valence-electron chi connectivity index (χ2n) is 6.28. The van der Waals surface area contributed by atoms with Crippen molar-refractivity contribution >= 4 is 11.6 Å². The van der Waals surface area contributed by atoms with E-state index in [1.54, 1.807) is 26.1 Å². The summed E-state index contributed by atoms with van der Waals surface area (Å²) in [5.41, 5.74) is 4.15. The number of anilines is 1. The van der Waals surface area contributed by atoms with E-state index in [2.05, 4.69) is 5.32 Å². The van der Waals surface area contributed by atoms with Gasteiger partial charge in [0.1, 0.15) is 11.6 Å². The molecule has 5 heteroatoms. The largest absolute Gasteiger partial charge is 0.496 e. The highest BCUT2D eigenvalue weighted by molar-refractivity contribution is 6.05. The number of nitrogens with one attached hydrogen (secondary N) is 1. The topological polar surface area (TPSA) is 43.3 Å². The maximum Gasteiger partial charge on any atom is 0.257 e. The summed E-state index contributed by atoms with van der Waals surface area (Å²) in [4.78, 5) is 12.6. The van der Waals surface area contributed by atoms with Crippen LogP contribution in [0.1, 0.15) is 27.0 Å². The molecule has 26 heavy (non-hydrogen) atoms. The lowest BCUT2D eigenvalue weighted by molar-refractivity contribution is 0.102. The molecule has 2 aromatic carbocycles. The molecule has 0 saturated heterocycles. The van der Waals surface area contributed by atoms with Crippen LogP contribution in [0.4, 0.5) is 10.1 Å². The minimum absolute atomic E-state index is 0.297. The number of hydrogen-bond acceptors (Lipinski definition) is 2. The second-order valence-corrected chi connectivity index (χ2v) is 6.28. The van der Waals surface area contributed by atoms with Crippen molar-refractivity contribution in [2.45, 2.75) is 20.8 Å². The molecular weight excluding hydrogens is 331 g/mol. The van der Waals surface area contributed by atoms with Crippen molar-refractivity contribution in [3.05, 3.63) is 76.9 Å². The first-order valence-electron chi connectivity index (χ1n) is 8.30. The Balaban J connectivity index is 1.88. The number of nitrogens with zero attached hydrogens (tertiary/aromatic N) is 1. The highest BCUT2D eigenvalue weighted by atomic mass is 19.1. The maximum atomic E-state index is 14.1. The van der Waals surface area contributed by atoms with Gasteiger partial charge in [0.05, 0.1) is 18.4 Å². The van der Waals surface area contributed by atoms with Gasteiger partial charge in [-0.3, -0.25) is 4.79 Å². The zero-order valence-corrected chi connectivity index (χ0v) is 15.3. The van der Waals surface area contributed by atoms with Gasteiger partial charge < -0.3 is 14.6 Å². The van der Waals surface area contributed by atoms with Crippen LogP contribution in [0.15, 0.2) is 48.8 Å². The predicted molar refractivity (Wildman–Crippen MR) is 101 cm³/mol. The molecule has 0 saturated carbocycles. The molecule has 4 nitrogen and oxygen atoms in total. The molecule has 0 unspecified atom stereocenters. The highest BCUT2D eigenvalue weighted by Crippen LogP contribution is 2.31. The first kappa shape index (κ1) is 17.7. The number of hydrogen-bond donors (Lipinski definition) is 1. The average molecular weight is 352 g/mol. The van der Waals surface area contributed by atoms with Crippen molar-refractivity contribution in [2.75, 3.05) is 12.4 Å². The molecule has 134 valence electrons. The normalized spacial score (nSPS) is 10.7. The van der Waals surface area contributed by atoms with E-state index < -0.39 is 5.82 Å². The van der Waals surface area contributed by atoms with Gasteiger partial charge in [0, 0.05) is 35.3 Å². The monoisotopic (exact) mass is 352 g/mol. The number of amides is 1. The SMILES string of the molecule is COc1cc(F)c(C)c(NC(=O)c2ccn(-c3ccc(C)cc3)c2)c1C. The molecule has 0 spiro atoms. The first-order valence-corrected chi connectivity index (χ1v) is 8.30. The molecule has 3 rings (SSSR count). The Hall–Kier alpha value is -3.08. The summed E-state index contributed by atoms with van der Waals surface area (Å²) >= 11 is 0. The van der Waals surface area contributed by atoms with Crippen LogP contribution in [-0.2, 0) is 0 Å².